The summed E-state index contributed by atoms with van der Waals surface area (Å²) in [7, 11) is 0. The summed E-state index contributed by atoms with van der Waals surface area (Å²) in [5.74, 6) is 0.733. The molecule has 0 bridgehead atoms. The van der Waals surface area contributed by atoms with E-state index in [1.165, 1.54) is 36.6 Å². The molecule has 1 amide bonds. The molecular formula is C21H21NO2S2. The molecule has 1 saturated carbocycles. The van der Waals surface area contributed by atoms with Gasteiger partial charge in [-0.3, -0.25) is 9.69 Å². The number of amides is 1. The minimum atomic E-state index is 0.0261. The molecule has 1 aliphatic heterocycles. The molecule has 1 aromatic heterocycles. The Morgan fingerprint density at radius 1 is 1.15 bits per heavy atom. The number of carbonyl (C=O) groups excluding carboxylic acids is 1. The Hall–Kier alpha value is -1.85. The van der Waals surface area contributed by atoms with Crippen molar-refractivity contribution in [1.82, 2.24) is 4.90 Å². The smallest absolute Gasteiger partial charge is 0.266 e. The average molecular weight is 384 g/mol. The fourth-order valence-corrected chi connectivity index (χ4v) is 5.03. The van der Waals surface area contributed by atoms with Crippen LogP contribution >= 0.6 is 24.0 Å². The molecule has 1 saturated heterocycles. The summed E-state index contributed by atoms with van der Waals surface area (Å²) in [4.78, 5) is 15.4. The van der Waals surface area contributed by atoms with Crippen molar-refractivity contribution < 1.29 is 9.21 Å². The molecule has 0 radical (unpaired) electrons. The first kappa shape index (κ1) is 17.6. The normalized spacial score (nSPS) is 20.3. The van der Waals surface area contributed by atoms with Crippen LogP contribution in [-0.2, 0) is 4.79 Å². The number of hydrogen-bond donors (Lipinski definition) is 0. The first-order valence-electron chi connectivity index (χ1n) is 9.05. The molecule has 4 rings (SSSR count). The lowest BCUT2D eigenvalue weighted by molar-refractivity contribution is -0.124. The largest absolute Gasteiger partial charge is 0.464 e. The molecule has 1 aromatic carbocycles. The van der Waals surface area contributed by atoms with Crippen LogP contribution < -0.4 is 0 Å². The van der Waals surface area contributed by atoms with E-state index >= 15 is 0 Å². The Morgan fingerprint density at radius 2 is 1.88 bits per heavy atom. The van der Waals surface area contributed by atoms with E-state index in [9.17, 15) is 4.79 Å². The number of benzene rings is 1. The van der Waals surface area contributed by atoms with Gasteiger partial charge in [0.05, 0.1) is 11.2 Å². The van der Waals surface area contributed by atoms with Crippen molar-refractivity contribution >= 4 is 40.3 Å². The monoisotopic (exact) mass is 383 g/mol. The summed E-state index contributed by atoms with van der Waals surface area (Å²) >= 11 is 6.90. The predicted octanol–water partition coefficient (Wildman–Crippen LogP) is 5.79. The van der Waals surface area contributed by atoms with Crippen molar-refractivity contribution in [2.45, 2.75) is 45.1 Å². The van der Waals surface area contributed by atoms with Gasteiger partial charge < -0.3 is 4.42 Å². The second kappa shape index (κ2) is 7.41. The molecule has 0 atom stereocenters. The Labute approximate surface area is 163 Å². The topological polar surface area (TPSA) is 33.5 Å². The SMILES string of the molecule is Cc1ccc(-c2ccoc2C=C2SC(=S)N(C3CCCCC3)C2=O)cc1. The zero-order valence-corrected chi connectivity index (χ0v) is 16.4. The second-order valence-electron chi connectivity index (χ2n) is 6.91. The van der Waals surface area contributed by atoms with E-state index in [-0.39, 0.29) is 11.9 Å². The lowest BCUT2D eigenvalue weighted by Gasteiger charge is -2.29. The van der Waals surface area contributed by atoms with Crippen LogP contribution in [0.2, 0.25) is 0 Å². The average Bonchev–Trinajstić information content (AvgIpc) is 3.21. The summed E-state index contributed by atoms with van der Waals surface area (Å²) < 4.78 is 6.35. The van der Waals surface area contributed by atoms with Crippen molar-refractivity contribution in [3.05, 3.63) is 52.8 Å². The standard InChI is InChI=1S/C21H21NO2S2/c1-14-7-9-15(10-8-14)17-11-12-24-18(17)13-19-20(23)22(21(25)26-19)16-5-3-2-4-6-16/h7-13,16H,2-6H2,1H3. The minimum Gasteiger partial charge on any atom is -0.464 e. The maximum Gasteiger partial charge on any atom is 0.266 e. The van der Waals surface area contributed by atoms with Crippen LogP contribution in [0.4, 0.5) is 0 Å². The summed E-state index contributed by atoms with van der Waals surface area (Å²) in [5, 5.41) is 0. The Kier molecular flexibility index (Phi) is 5.00. The Balaban J connectivity index is 1.61. The lowest BCUT2D eigenvalue weighted by atomic mass is 9.94. The molecule has 2 fully saturated rings. The van der Waals surface area contributed by atoms with Crippen molar-refractivity contribution in [3.63, 3.8) is 0 Å². The minimum absolute atomic E-state index is 0.0261. The first-order chi connectivity index (χ1) is 12.6. The molecule has 3 nitrogen and oxygen atoms in total. The van der Waals surface area contributed by atoms with Gasteiger partial charge in [0.1, 0.15) is 10.1 Å². The summed E-state index contributed by atoms with van der Waals surface area (Å²) in [6.45, 7) is 2.07. The van der Waals surface area contributed by atoms with Gasteiger partial charge in [0.15, 0.2) is 0 Å². The third-order valence-corrected chi connectivity index (χ3v) is 6.41. The van der Waals surface area contributed by atoms with Gasteiger partial charge in [-0.2, -0.15) is 0 Å². The molecule has 1 aliphatic carbocycles. The van der Waals surface area contributed by atoms with Gasteiger partial charge in [-0.05, 0) is 31.4 Å². The van der Waals surface area contributed by atoms with Gasteiger partial charge in [-0.1, -0.05) is 73.1 Å². The maximum absolute atomic E-state index is 12.9. The summed E-state index contributed by atoms with van der Waals surface area (Å²) in [6.07, 6.45) is 9.23. The summed E-state index contributed by atoms with van der Waals surface area (Å²) in [6, 6.07) is 10.5. The number of carbonyl (C=O) groups is 1. The number of hydrogen-bond acceptors (Lipinski definition) is 4. The molecule has 5 heteroatoms. The van der Waals surface area contributed by atoms with Gasteiger partial charge in [-0.25, -0.2) is 0 Å². The Bertz CT molecular complexity index is 860. The number of rotatable bonds is 3. The van der Waals surface area contributed by atoms with Crippen molar-refractivity contribution in [1.29, 1.82) is 0 Å². The molecule has 2 heterocycles. The summed E-state index contributed by atoms with van der Waals surface area (Å²) in [5.41, 5.74) is 3.29. The molecule has 2 aromatic rings. The number of thioether (sulfide) groups is 1. The second-order valence-corrected chi connectivity index (χ2v) is 8.58. The molecule has 0 unspecified atom stereocenters. The van der Waals surface area contributed by atoms with E-state index < -0.39 is 0 Å². The zero-order valence-electron chi connectivity index (χ0n) is 14.7. The highest BCUT2D eigenvalue weighted by Gasteiger charge is 2.37. The molecule has 0 spiro atoms. The van der Waals surface area contributed by atoms with Crippen LogP contribution in [0.3, 0.4) is 0 Å². The molecule has 134 valence electrons. The highest BCUT2D eigenvalue weighted by molar-refractivity contribution is 8.26. The number of nitrogens with zero attached hydrogens (tertiary/aromatic N) is 1. The predicted molar refractivity (Wildman–Crippen MR) is 111 cm³/mol. The number of aryl methyl sites for hydroxylation is 1. The van der Waals surface area contributed by atoms with E-state index in [0.717, 1.165) is 24.0 Å². The van der Waals surface area contributed by atoms with Gasteiger partial charge in [0.2, 0.25) is 0 Å². The molecule has 2 aliphatic rings. The van der Waals surface area contributed by atoms with E-state index in [1.54, 1.807) is 6.26 Å². The van der Waals surface area contributed by atoms with E-state index in [2.05, 4.69) is 31.2 Å². The van der Waals surface area contributed by atoms with E-state index in [0.29, 0.717) is 15.0 Å². The lowest BCUT2D eigenvalue weighted by Crippen LogP contribution is -2.39. The molecule has 0 N–H and O–H groups in total. The van der Waals surface area contributed by atoms with Crippen LogP contribution in [0.15, 0.2) is 45.9 Å². The Morgan fingerprint density at radius 3 is 2.62 bits per heavy atom. The zero-order chi connectivity index (χ0) is 18.1. The number of furan rings is 1. The number of thiocarbonyl (C=S) groups is 1. The highest BCUT2D eigenvalue weighted by Crippen LogP contribution is 2.38. The fraction of sp³-hybridized carbons (Fsp3) is 0.333. The third-order valence-electron chi connectivity index (χ3n) is 5.08. The highest BCUT2D eigenvalue weighted by atomic mass is 32.2. The van der Waals surface area contributed by atoms with Crippen LogP contribution in [0.25, 0.3) is 17.2 Å². The van der Waals surface area contributed by atoms with Crippen molar-refractivity contribution in [2.75, 3.05) is 0 Å². The van der Waals surface area contributed by atoms with Crippen LogP contribution in [0.5, 0.6) is 0 Å². The van der Waals surface area contributed by atoms with Crippen molar-refractivity contribution in [2.24, 2.45) is 0 Å². The van der Waals surface area contributed by atoms with Crippen molar-refractivity contribution in [3.8, 4) is 11.1 Å². The van der Waals surface area contributed by atoms with Gasteiger partial charge in [-0.15, -0.1) is 0 Å². The first-order valence-corrected chi connectivity index (χ1v) is 10.3. The van der Waals surface area contributed by atoms with Crippen LogP contribution in [0.1, 0.15) is 43.4 Å². The quantitative estimate of drug-likeness (QED) is 0.496. The van der Waals surface area contributed by atoms with Gasteiger partial charge in [0, 0.05) is 17.7 Å². The van der Waals surface area contributed by atoms with Crippen LogP contribution in [-0.4, -0.2) is 21.2 Å². The fourth-order valence-electron chi connectivity index (χ4n) is 3.66. The van der Waals surface area contributed by atoms with E-state index in [1.807, 2.05) is 17.0 Å². The van der Waals surface area contributed by atoms with Gasteiger partial charge in [0.25, 0.3) is 5.91 Å². The molecule has 26 heavy (non-hydrogen) atoms. The van der Waals surface area contributed by atoms with Crippen LogP contribution in [0, 0.1) is 6.92 Å². The van der Waals surface area contributed by atoms with E-state index in [4.69, 9.17) is 16.6 Å². The van der Waals surface area contributed by atoms with Gasteiger partial charge >= 0.3 is 0 Å². The third kappa shape index (κ3) is 3.38. The maximum atomic E-state index is 12.9. The molecular weight excluding hydrogens is 362 g/mol.